The van der Waals surface area contributed by atoms with Gasteiger partial charge in [-0.15, -0.1) is 0 Å². The molecule has 1 aliphatic heterocycles. The molecule has 3 rings (SSSR count). The maximum atomic E-state index is 12.8. The number of benzene rings is 2. The highest BCUT2D eigenvalue weighted by molar-refractivity contribution is 7.89. The first-order chi connectivity index (χ1) is 13.0. The molecule has 0 saturated carbocycles. The quantitative estimate of drug-likeness (QED) is 0.442. The van der Waals surface area contributed by atoms with Crippen molar-refractivity contribution >= 4 is 27.6 Å². The van der Waals surface area contributed by atoms with E-state index in [1.807, 2.05) is 0 Å². The van der Waals surface area contributed by atoms with E-state index >= 15 is 0 Å². The van der Waals surface area contributed by atoms with Gasteiger partial charge in [0.25, 0.3) is 5.69 Å². The zero-order chi connectivity index (χ0) is 19.3. The minimum atomic E-state index is -3.46. The van der Waals surface area contributed by atoms with Crippen LogP contribution >= 0.6 is 0 Å². The van der Waals surface area contributed by atoms with E-state index in [2.05, 4.69) is 4.99 Å². The normalized spacial score (nSPS) is 16.3. The van der Waals surface area contributed by atoms with Crippen LogP contribution in [0, 0.1) is 10.1 Å². The number of aliphatic imine (C=N–C) groups is 1. The maximum absolute atomic E-state index is 12.8. The van der Waals surface area contributed by atoms with Gasteiger partial charge in [0.15, 0.2) is 0 Å². The molecule has 1 heterocycles. The van der Waals surface area contributed by atoms with Gasteiger partial charge in [-0.3, -0.25) is 15.1 Å². The second kappa shape index (κ2) is 8.41. The first-order valence-electron chi connectivity index (χ1n) is 8.85. The van der Waals surface area contributed by atoms with E-state index in [0.29, 0.717) is 18.8 Å². The van der Waals surface area contributed by atoms with Crippen molar-refractivity contribution in [3.05, 3.63) is 64.2 Å². The Labute approximate surface area is 158 Å². The second-order valence-electron chi connectivity index (χ2n) is 6.42. The van der Waals surface area contributed by atoms with Crippen molar-refractivity contribution in [2.45, 2.75) is 30.6 Å². The van der Waals surface area contributed by atoms with Crippen LogP contribution in [-0.4, -0.2) is 37.0 Å². The molecule has 8 heteroatoms. The highest BCUT2D eigenvalue weighted by atomic mass is 32.2. The third-order valence-electron chi connectivity index (χ3n) is 4.51. The van der Waals surface area contributed by atoms with Gasteiger partial charge in [-0.1, -0.05) is 12.8 Å². The van der Waals surface area contributed by atoms with Gasteiger partial charge in [0, 0.05) is 31.4 Å². The van der Waals surface area contributed by atoms with Crippen LogP contribution in [0.5, 0.6) is 0 Å². The van der Waals surface area contributed by atoms with Gasteiger partial charge in [0.1, 0.15) is 0 Å². The van der Waals surface area contributed by atoms with Gasteiger partial charge in [0.05, 0.1) is 15.5 Å². The molecule has 142 valence electrons. The van der Waals surface area contributed by atoms with Crippen LogP contribution in [0.3, 0.4) is 0 Å². The molecule has 0 aliphatic carbocycles. The lowest BCUT2D eigenvalue weighted by Gasteiger charge is -2.19. The number of non-ortho nitro benzene ring substituents is 1. The fraction of sp³-hybridized carbons (Fsp3) is 0.316. The molecule has 0 unspecified atom stereocenters. The van der Waals surface area contributed by atoms with Crippen LogP contribution in [0.25, 0.3) is 0 Å². The molecule has 0 N–H and O–H groups in total. The monoisotopic (exact) mass is 387 g/mol. The van der Waals surface area contributed by atoms with Gasteiger partial charge in [-0.05, 0) is 54.8 Å². The number of nitrogens with zero attached hydrogens (tertiary/aromatic N) is 3. The van der Waals surface area contributed by atoms with Crippen LogP contribution in [0.4, 0.5) is 11.4 Å². The standard InChI is InChI=1S/C19H21N3O4S/c23-22(24)18-9-5-16(6-10-18)15-20-17-7-11-19(12-8-17)27(25,26)21-13-3-1-2-4-14-21/h5-12,15H,1-4,13-14H2. The van der Waals surface area contributed by atoms with E-state index in [4.69, 9.17) is 0 Å². The van der Waals surface area contributed by atoms with Crippen molar-refractivity contribution < 1.29 is 13.3 Å². The third kappa shape index (κ3) is 4.78. The summed E-state index contributed by atoms with van der Waals surface area (Å²) in [5.74, 6) is 0. The lowest BCUT2D eigenvalue weighted by atomic mass is 10.2. The van der Waals surface area contributed by atoms with Crippen LogP contribution in [-0.2, 0) is 10.0 Å². The van der Waals surface area contributed by atoms with E-state index in [-0.39, 0.29) is 10.6 Å². The van der Waals surface area contributed by atoms with Crippen molar-refractivity contribution in [2.75, 3.05) is 13.1 Å². The predicted molar refractivity (Wildman–Crippen MR) is 104 cm³/mol. The lowest BCUT2D eigenvalue weighted by molar-refractivity contribution is -0.384. The van der Waals surface area contributed by atoms with E-state index < -0.39 is 14.9 Å². The first kappa shape index (κ1) is 19.2. The third-order valence-corrected chi connectivity index (χ3v) is 6.42. The number of hydrogen-bond acceptors (Lipinski definition) is 5. The van der Waals surface area contributed by atoms with E-state index in [1.54, 1.807) is 46.9 Å². The molecule has 27 heavy (non-hydrogen) atoms. The second-order valence-corrected chi connectivity index (χ2v) is 8.36. The Balaban J connectivity index is 1.71. The number of nitro groups is 1. The molecule has 7 nitrogen and oxygen atoms in total. The molecule has 0 atom stereocenters. The van der Waals surface area contributed by atoms with Gasteiger partial charge >= 0.3 is 0 Å². The summed E-state index contributed by atoms with van der Waals surface area (Å²) in [6.07, 6.45) is 5.53. The van der Waals surface area contributed by atoms with Crippen LogP contribution in [0.2, 0.25) is 0 Å². The Morgan fingerprint density at radius 3 is 2.07 bits per heavy atom. The average molecular weight is 387 g/mol. The fourth-order valence-electron chi connectivity index (χ4n) is 2.97. The van der Waals surface area contributed by atoms with Gasteiger partial charge in [0.2, 0.25) is 10.0 Å². The minimum absolute atomic E-state index is 0.0234. The molecular formula is C19H21N3O4S. The zero-order valence-electron chi connectivity index (χ0n) is 14.8. The highest BCUT2D eigenvalue weighted by Gasteiger charge is 2.24. The molecule has 0 aromatic heterocycles. The molecule has 0 bridgehead atoms. The largest absolute Gasteiger partial charge is 0.269 e. The number of sulfonamides is 1. The van der Waals surface area contributed by atoms with Crippen molar-refractivity contribution in [1.82, 2.24) is 4.31 Å². The molecule has 0 spiro atoms. The summed E-state index contributed by atoms with van der Waals surface area (Å²) in [7, 11) is -3.46. The van der Waals surface area contributed by atoms with Gasteiger partial charge < -0.3 is 0 Å². The molecule has 1 fully saturated rings. The van der Waals surface area contributed by atoms with Crippen LogP contribution < -0.4 is 0 Å². The summed E-state index contributed by atoms with van der Waals surface area (Å²) < 4.78 is 27.1. The molecular weight excluding hydrogens is 366 g/mol. The SMILES string of the molecule is O=[N+]([O-])c1ccc(C=Nc2ccc(S(=O)(=O)N3CCCCCC3)cc2)cc1. The topological polar surface area (TPSA) is 92.9 Å². The molecule has 2 aromatic rings. The smallest absolute Gasteiger partial charge is 0.258 e. The Hall–Kier alpha value is -2.58. The van der Waals surface area contributed by atoms with Crippen molar-refractivity contribution in [1.29, 1.82) is 0 Å². The Kier molecular flexibility index (Phi) is 5.98. The predicted octanol–water partition coefficient (Wildman–Crippen LogP) is 3.91. The summed E-state index contributed by atoms with van der Waals surface area (Å²) in [6, 6.07) is 12.5. The number of hydrogen-bond donors (Lipinski definition) is 0. The summed E-state index contributed by atoms with van der Waals surface area (Å²) in [5.41, 5.74) is 1.36. The average Bonchev–Trinajstić information content (AvgIpc) is 2.97. The summed E-state index contributed by atoms with van der Waals surface area (Å²) in [5, 5.41) is 10.7. The summed E-state index contributed by atoms with van der Waals surface area (Å²) in [6.45, 7) is 1.14. The van der Waals surface area contributed by atoms with E-state index in [0.717, 1.165) is 31.2 Å². The van der Waals surface area contributed by atoms with E-state index in [1.165, 1.54) is 12.1 Å². The lowest BCUT2D eigenvalue weighted by Crippen LogP contribution is -2.31. The minimum Gasteiger partial charge on any atom is -0.258 e. The van der Waals surface area contributed by atoms with Crippen molar-refractivity contribution in [3.63, 3.8) is 0 Å². The molecule has 0 radical (unpaired) electrons. The number of nitro benzene ring substituents is 1. The Morgan fingerprint density at radius 1 is 0.926 bits per heavy atom. The zero-order valence-corrected chi connectivity index (χ0v) is 15.6. The van der Waals surface area contributed by atoms with Crippen molar-refractivity contribution in [2.24, 2.45) is 4.99 Å². The Bertz CT molecular complexity index is 914. The molecule has 1 aliphatic rings. The fourth-order valence-corrected chi connectivity index (χ4v) is 4.48. The summed E-state index contributed by atoms with van der Waals surface area (Å²) >= 11 is 0. The molecule has 1 saturated heterocycles. The maximum Gasteiger partial charge on any atom is 0.269 e. The van der Waals surface area contributed by atoms with Crippen LogP contribution in [0.1, 0.15) is 31.2 Å². The first-order valence-corrected chi connectivity index (χ1v) is 10.3. The van der Waals surface area contributed by atoms with Gasteiger partial charge in [-0.25, -0.2) is 8.42 Å². The van der Waals surface area contributed by atoms with Crippen LogP contribution in [0.15, 0.2) is 58.4 Å². The summed E-state index contributed by atoms with van der Waals surface area (Å²) in [4.78, 5) is 14.8. The van der Waals surface area contributed by atoms with Crippen molar-refractivity contribution in [3.8, 4) is 0 Å². The molecule has 2 aromatic carbocycles. The number of rotatable bonds is 5. The molecule has 0 amide bonds. The van der Waals surface area contributed by atoms with Gasteiger partial charge in [-0.2, -0.15) is 4.31 Å². The highest BCUT2D eigenvalue weighted by Crippen LogP contribution is 2.22. The Morgan fingerprint density at radius 2 is 1.52 bits per heavy atom. The van der Waals surface area contributed by atoms with E-state index in [9.17, 15) is 18.5 Å².